The average molecular weight is 208 g/mol. The number of anilines is 1. The standard InChI is InChI=1S/C10H16N4O/c1-7-6-12-14-9(7)13-10(15)8-4-2-3-5-11-8/h6,8,11H,2-5H2,1H3,(H2,12,13,14,15)/t8-/m1/s1. The third kappa shape index (κ3) is 2.36. The highest BCUT2D eigenvalue weighted by atomic mass is 16.2. The van der Waals surface area contributed by atoms with Gasteiger partial charge in [-0.1, -0.05) is 6.42 Å². The van der Waals surface area contributed by atoms with Gasteiger partial charge in [0.25, 0.3) is 0 Å². The molecule has 15 heavy (non-hydrogen) atoms. The fourth-order valence-electron chi connectivity index (χ4n) is 1.76. The number of nitrogens with zero attached hydrogens (tertiary/aromatic N) is 1. The summed E-state index contributed by atoms with van der Waals surface area (Å²) >= 11 is 0. The van der Waals surface area contributed by atoms with Gasteiger partial charge in [-0.2, -0.15) is 5.10 Å². The average Bonchev–Trinajstić information content (AvgIpc) is 2.66. The molecule has 1 fully saturated rings. The molecule has 0 spiro atoms. The smallest absolute Gasteiger partial charge is 0.242 e. The van der Waals surface area contributed by atoms with E-state index in [1.807, 2.05) is 6.92 Å². The molecule has 1 aromatic heterocycles. The van der Waals surface area contributed by atoms with Crippen LogP contribution in [0.25, 0.3) is 0 Å². The van der Waals surface area contributed by atoms with Gasteiger partial charge in [0.05, 0.1) is 12.2 Å². The van der Waals surface area contributed by atoms with Gasteiger partial charge in [0.2, 0.25) is 5.91 Å². The van der Waals surface area contributed by atoms with Crippen LogP contribution in [0.1, 0.15) is 24.8 Å². The Morgan fingerprint density at radius 1 is 1.60 bits per heavy atom. The molecule has 0 aromatic carbocycles. The van der Waals surface area contributed by atoms with Crippen LogP contribution in [-0.2, 0) is 4.79 Å². The predicted octanol–water partition coefficient (Wildman–Crippen LogP) is 0.799. The van der Waals surface area contributed by atoms with Gasteiger partial charge in [-0.3, -0.25) is 9.89 Å². The van der Waals surface area contributed by atoms with E-state index in [1.165, 1.54) is 0 Å². The molecule has 0 saturated carbocycles. The van der Waals surface area contributed by atoms with E-state index < -0.39 is 0 Å². The fourth-order valence-corrected chi connectivity index (χ4v) is 1.76. The van der Waals surface area contributed by atoms with E-state index in [0.29, 0.717) is 5.82 Å². The van der Waals surface area contributed by atoms with Crippen molar-refractivity contribution in [1.82, 2.24) is 15.5 Å². The number of carbonyl (C=O) groups excluding carboxylic acids is 1. The normalized spacial score (nSPS) is 21.3. The fraction of sp³-hybridized carbons (Fsp3) is 0.600. The van der Waals surface area contributed by atoms with Crippen molar-refractivity contribution in [1.29, 1.82) is 0 Å². The number of aromatic amines is 1. The zero-order valence-electron chi connectivity index (χ0n) is 8.84. The Morgan fingerprint density at radius 2 is 2.47 bits per heavy atom. The summed E-state index contributed by atoms with van der Waals surface area (Å²) in [5, 5.41) is 12.7. The van der Waals surface area contributed by atoms with Gasteiger partial charge < -0.3 is 10.6 Å². The lowest BCUT2D eigenvalue weighted by Gasteiger charge is -2.22. The number of hydrogen-bond donors (Lipinski definition) is 3. The topological polar surface area (TPSA) is 69.8 Å². The molecule has 0 aliphatic carbocycles. The molecule has 0 unspecified atom stereocenters. The second-order valence-corrected chi connectivity index (χ2v) is 3.92. The first-order valence-corrected chi connectivity index (χ1v) is 5.31. The first-order chi connectivity index (χ1) is 7.27. The lowest BCUT2D eigenvalue weighted by molar-refractivity contribution is -0.118. The Kier molecular flexibility index (Phi) is 3.01. The van der Waals surface area contributed by atoms with E-state index in [-0.39, 0.29) is 11.9 Å². The summed E-state index contributed by atoms with van der Waals surface area (Å²) in [5.74, 6) is 0.731. The highest BCUT2D eigenvalue weighted by Gasteiger charge is 2.21. The largest absolute Gasteiger partial charge is 0.309 e. The summed E-state index contributed by atoms with van der Waals surface area (Å²) < 4.78 is 0. The minimum Gasteiger partial charge on any atom is -0.309 e. The van der Waals surface area contributed by atoms with E-state index in [1.54, 1.807) is 6.20 Å². The number of hydrogen-bond acceptors (Lipinski definition) is 3. The van der Waals surface area contributed by atoms with Crippen LogP contribution < -0.4 is 10.6 Å². The van der Waals surface area contributed by atoms with Gasteiger partial charge in [-0.05, 0) is 26.3 Å². The number of piperidine rings is 1. The third-order valence-electron chi connectivity index (χ3n) is 2.70. The summed E-state index contributed by atoms with van der Waals surface area (Å²) in [7, 11) is 0. The molecule has 1 amide bonds. The second-order valence-electron chi connectivity index (χ2n) is 3.92. The number of rotatable bonds is 2. The molecule has 1 aliphatic rings. The van der Waals surface area contributed by atoms with Crippen LogP contribution in [0.5, 0.6) is 0 Å². The summed E-state index contributed by atoms with van der Waals surface area (Å²) in [6, 6.07) is -0.0542. The van der Waals surface area contributed by atoms with Crippen LogP contribution in [0, 0.1) is 6.92 Å². The third-order valence-corrected chi connectivity index (χ3v) is 2.70. The first kappa shape index (κ1) is 10.2. The molecule has 1 aliphatic heterocycles. The Labute approximate surface area is 88.6 Å². The van der Waals surface area contributed by atoms with Crippen LogP contribution >= 0.6 is 0 Å². The zero-order chi connectivity index (χ0) is 10.7. The van der Waals surface area contributed by atoms with Crippen LogP contribution in [0.15, 0.2) is 6.20 Å². The molecule has 1 atom stereocenters. The molecule has 0 bridgehead atoms. The van der Waals surface area contributed by atoms with Crippen LogP contribution in [0.4, 0.5) is 5.82 Å². The maximum atomic E-state index is 11.8. The molecular weight excluding hydrogens is 192 g/mol. The minimum atomic E-state index is -0.0542. The second kappa shape index (κ2) is 4.44. The Balaban J connectivity index is 1.94. The summed E-state index contributed by atoms with van der Waals surface area (Å²) in [5.41, 5.74) is 0.958. The molecule has 3 N–H and O–H groups in total. The molecule has 2 heterocycles. The monoisotopic (exact) mass is 208 g/mol. The molecule has 1 saturated heterocycles. The molecule has 82 valence electrons. The number of H-pyrrole nitrogens is 1. The van der Waals surface area contributed by atoms with Gasteiger partial charge >= 0.3 is 0 Å². The maximum absolute atomic E-state index is 11.8. The first-order valence-electron chi connectivity index (χ1n) is 5.31. The van der Waals surface area contributed by atoms with E-state index in [9.17, 15) is 4.79 Å². The number of carbonyl (C=O) groups is 1. The van der Waals surface area contributed by atoms with Gasteiger partial charge in [0, 0.05) is 5.56 Å². The van der Waals surface area contributed by atoms with Crippen molar-refractivity contribution in [3.05, 3.63) is 11.8 Å². The van der Waals surface area contributed by atoms with Crippen molar-refractivity contribution in [3.8, 4) is 0 Å². The highest BCUT2D eigenvalue weighted by Crippen LogP contribution is 2.12. The minimum absolute atomic E-state index is 0.0297. The number of aryl methyl sites for hydroxylation is 1. The molecular formula is C10H16N4O. The van der Waals surface area contributed by atoms with Gasteiger partial charge in [0.1, 0.15) is 5.82 Å². The van der Waals surface area contributed by atoms with Crippen molar-refractivity contribution in [2.45, 2.75) is 32.2 Å². The molecule has 0 radical (unpaired) electrons. The van der Waals surface area contributed by atoms with Crippen molar-refractivity contribution >= 4 is 11.7 Å². The molecule has 2 rings (SSSR count). The van der Waals surface area contributed by atoms with Crippen molar-refractivity contribution in [2.75, 3.05) is 11.9 Å². The van der Waals surface area contributed by atoms with E-state index in [0.717, 1.165) is 31.4 Å². The van der Waals surface area contributed by atoms with Crippen molar-refractivity contribution < 1.29 is 4.79 Å². The molecule has 5 nitrogen and oxygen atoms in total. The van der Waals surface area contributed by atoms with Crippen LogP contribution in [0.2, 0.25) is 0 Å². The Morgan fingerprint density at radius 3 is 3.07 bits per heavy atom. The summed E-state index contributed by atoms with van der Waals surface area (Å²) in [4.78, 5) is 11.8. The lowest BCUT2D eigenvalue weighted by Crippen LogP contribution is -2.43. The van der Waals surface area contributed by atoms with E-state index in [2.05, 4.69) is 20.8 Å². The predicted molar refractivity (Wildman–Crippen MR) is 57.6 cm³/mol. The number of aromatic nitrogens is 2. The van der Waals surface area contributed by atoms with Gasteiger partial charge in [-0.25, -0.2) is 0 Å². The zero-order valence-corrected chi connectivity index (χ0v) is 8.84. The lowest BCUT2D eigenvalue weighted by atomic mass is 10.0. The quantitative estimate of drug-likeness (QED) is 0.673. The molecule has 5 heteroatoms. The number of nitrogens with one attached hydrogen (secondary N) is 3. The van der Waals surface area contributed by atoms with Crippen molar-refractivity contribution in [3.63, 3.8) is 0 Å². The van der Waals surface area contributed by atoms with Gasteiger partial charge in [-0.15, -0.1) is 0 Å². The van der Waals surface area contributed by atoms with E-state index in [4.69, 9.17) is 0 Å². The SMILES string of the molecule is Cc1cn[nH]c1NC(=O)[C@H]1CCCCN1. The van der Waals surface area contributed by atoms with Crippen LogP contribution in [0.3, 0.4) is 0 Å². The Hall–Kier alpha value is -1.36. The summed E-state index contributed by atoms with van der Waals surface area (Å²) in [6.07, 6.45) is 4.89. The Bertz CT molecular complexity index is 341. The maximum Gasteiger partial charge on any atom is 0.242 e. The number of amides is 1. The molecule has 1 aromatic rings. The summed E-state index contributed by atoms with van der Waals surface area (Å²) in [6.45, 7) is 2.84. The van der Waals surface area contributed by atoms with E-state index >= 15 is 0 Å². The van der Waals surface area contributed by atoms with Crippen LogP contribution in [-0.4, -0.2) is 28.7 Å². The van der Waals surface area contributed by atoms with Crippen molar-refractivity contribution in [2.24, 2.45) is 0 Å². The highest BCUT2D eigenvalue weighted by molar-refractivity contribution is 5.94. The van der Waals surface area contributed by atoms with Gasteiger partial charge in [0.15, 0.2) is 0 Å².